The number of benzene rings is 6. The molecule has 4 unspecified atom stereocenters. The van der Waals surface area contributed by atoms with Crippen LogP contribution in [0.5, 0.6) is 0 Å². The van der Waals surface area contributed by atoms with E-state index in [2.05, 4.69) is 137 Å². The summed E-state index contributed by atoms with van der Waals surface area (Å²) in [5.41, 5.74) is 10.8. The lowest BCUT2D eigenvalue weighted by molar-refractivity contribution is -0.141. The van der Waals surface area contributed by atoms with Crippen LogP contribution >= 0.6 is 0 Å². The molecule has 0 amide bonds. The van der Waals surface area contributed by atoms with E-state index in [1.54, 1.807) is 6.92 Å². The number of fused-ring (bicyclic) bond motifs is 5. The first-order valence-electron chi connectivity index (χ1n) is 28.5. The number of carboxylic acids is 1. The highest BCUT2D eigenvalue weighted by atomic mass is 16.5. The van der Waals surface area contributed by atoms with E-state index in [-0.39, 0.29) is 28.6 Å². The van der Waals surface area contributed by atoms with Gasteiger partial charge in [-0.2, -0.15) is 0 Å². The first-order valence-corrected chi connectivity index (χ1v) is 28.5. The third-order valence-corrected chi connectivity index (χ3v) is 14.7. The van der Waals surface area contributed by atoms with E-state index in [0.717, 1.165) is 28.9 Å². The van der Waals surface area contributed by atoms with Gasteiger partial charge in [-0.15, -0.1) is 0 Å². The lowest BCUT2D eigenvalue weighted by atomic mass is 9.70. The standard InChI is InChI=1S/2C20H20O.C19H20O3.6C2H6/c1-14-13-18-19(2,3)16-11-7-8-12-17(16)20(18,21-14)15-9-5-4-6-10-15;1-14(21)13-18-19(15-9-5-4-6-10-15)16-11-7-8-12-17(16)20(18,2)3;1-18(2)14-10-6-7-11-15(14)19(22,16(18)12-17(20)21)13-8-4-3-5-9-13;6*1-2/h4-12,18H,1,13H2,2-3H3;4-12H,13H2,1-3H3;3-11,16,22H,12H2,1-2H3,(H,20,21);6*1-2H3. The van der Waals surface area contributed by atoms with Gasteiger partial charge in [0.15, 0.2) is 5.60 Å². The van der Waals surface area contributed by atoms with E-state index in [1.807, 2.05) is 158 Å². The van der Waals surface area contributed by atoms with E-state index in [0.29, 0.717) is 12.3 Å². The minimum absolute atomic E-state index is 0.0763. The Hall–Kier alpha value is -6.30. The Morgan fingerprint density at radius 1 is 0.526 bits per heavy atom. The van der Waals surface area contributed by atoms with Crippen LogP contribution < -0.4 is 0 Å². The number of ketones is 1. The summed E-state index contributed by atoms with van der Waals surface area (Å²) in [6.45, 7) is 42.9. The monoisotopic (exact) mass is 1030 g/mol. The molecule has 6 aromatic carbocycles. The average molecular weight is 1030 g/mol. The van der Waals surface area contributed by atoms with Gasteiger partial charge in [-0.1, -0.05) is 295 Å². The number of aliphatic hydroxyl groups is 1. The molecule has 3 aliphatic carbocycles. The number of ether oxygens (including phenoxy) is 1. The fourth-order valence-electron chi connectivity index (χ4n) is 11.7. The van der Waals surface area contributed by atoms with Crippen molar-refractivity contribution in [3.8, 4) is 0 Å². The maximum Gasteiger partial charge on any atom is 0.303 e. The molecule has 1 saturated heterocycles. The van der Waals surface area contributed by atoms with Gasteiger partial charge in [0, 0.05) is 41.2 Å². The molecule has 0 saturated carbocycles. The van der Waals surface area contributed by atoms with Crippen LogP contribution in [0.1, 0.15) is 201 Å². The molecule has 410 valence electrons. The van der Waals surface area contributed by atoms with Gasteiger partial charge in [-0.25, -0.2) is 0 Å². The number of allylic oxidation sites excluding steroid dienone is 2. The Kier molecular flexibility index (Phi) is 25.9. The van der Waals surface area contributed by atoms with Crippen molar-refractivity contribution in [1.29, 1.82) is 0 Å². The van der Waals surface area contributed by atoms with Gasteiger partial charge in [0.05, 0.1) is 12.2 Å². The van der Waals surface area contributed by atoms with E-state index >= 15 is 0 Å². The van der Waals surface area contributed by atoms with Crippen molar-refractivity contribution in [3.05, 3.63) is 232 Å². The summed E-state index contributed by atoms with van der Waals surface area (Å²) in [6, 6.07) is 55.4. The number of carbonyl (C=O) groups is 2. The molecular weight excluding hydrogens is 933 g/mol. The molecule has 4 atom stereocenters. The fraction of sp³-hybridized carbons (Fsp3) is 0.408. The number of carbonyl (C=O) groups excluding carboxylic acids is 1. The largest absolute Gasteiger partial charge is 0.482 e. The Balaban J connectivity index is 0.000000354. The molecule has 10 rings (SSSR count). The molecule has 4 aliphatic rings. The summed E-state index contributed by atoms with van der Waals surface area (Å²) in [7, 11) is 0. The van der Waals surface area contributed by atoms with Crippen LogP contribution in [0.3, 0.4) is 0 Å². The van der Waals surface area contributed by atoms with Crippen LogP contribution in [0.15, 0.2) is 182 Å². The van der Waals surface area contributed by atoms with Gasteiger partial charge < -0.3 is 14.9 Å². The lowest BCUT2D eigenvalue weighted by Crippen LogP contribution is -2.40. The van der Waals surface area contributed by atoms with Gasteiger partial charge in [0.1, 0.15) is 11.4 Å². The van der Waals surface area contributed by atoms with E-state index in [4.69, 9.17) is 4.74 Å². The Morgan fingerprint density at radius 3 is 1.39 bits per heavy atom. The van der Waals surface area contributed by atoms with Crippen LogP contribution in [-0.2, 0) is 41.8 Å². The first-order chi connectivity index (χ1) is 36.5. The minimum Gasteiger partial charge on any atom is -0.482 e. The van der Waals surface area contributed by atoms with Crippen molar-refractivity contribution in [2.45, 2.75) is 178 Å². The molecule has 1 aliphatic heterocycles. The number of Topliss-reactive ketones (excluding diaryl/α,β-unsaturated/α-hetero) is 1. The zero-order valence-electron chi connectivity index (χ0n) is 50.2. The Bertz CT molecular complexity index is 2750. The van der Waals surface area contributed by atoms with Gasteiger partial charge in [-0.3, -0.25) is 9.59 Å². The molecule has 76 heavy (non-hydrogen) atoms. The maximum absolute atomic E-state index is 11.8. The summed E-state index contributed by atoms with van der Waals surface area (Å²) in [6.07, 6.45) is 1.37. The Morgan fingerprint density at radius 2 is 0.921 bits per heavy atom. The lowest BCUT2D eigenvalue weighted by Gasteiger charge is -2.36. The maximum atomic E-state index is 11.8. The van der Waals surface area contributed by atoms with Gasteiger partial charge in [0.2, 0.25) is 0 Å². The van der Waals surface area contributed by atoms with Crippen LogP contribution in [0, 0.1) is 11.8 Å². The summed E-state index contributed by atoms with van der Waals surface area (Å²) < 4.78 is 6.43. The third-order valence-electron chi connectivity index (χ3n) is 14.7. The van der Waals surface area contributed by atoms with Crippen molar-refractivity contribution in [3.63, 3.8) is 0 Å². The fourth-order valence-corrected chi connectivity index (χ4v) is 11.7. The molecule has 0 spiro atoms. The number of hydrogen-bond acceptors (Lipinski definition) is 4. The van der Waals surface area contributed by atoms with Crippen LogP contribution in [0.25, 0.3) is 5.57 Å². The quantitative estimate of drug-likeness (QED) is 0.166. The summed E-state index contributed by atoms with van der Waals surface area (Å²) in [5.74, 6) is 0.223. The highest BCUT2D eigenvalue weighted by Crippen LogP contribution is 2.63. The number of aliphatic carboxylic acids is 1. The van der Waals surface area contributed by atoms with Gasteiger partial charge in [0.25, 0.3) is 0 Å². The minimum atomic E-state index is -1.28. The van der Waals surface area contributed by atoms with E-state index in [9.17, 15) is 19.8 Å². The summed E-state index contributed by atoms with van der Waals surface area (Å²) in [5, 5.41) is 20.9. The number of carboxylic acid groups (broad SMARTS) is 1. The second kappa shape index (κ2) is 29.9. The molecule has 0 bridgehead atoms. The molecule has 1 fully saturated rings. The van der Waals surface area contributed by atoms with Crippen molar-refractivity contribution >= 4 is 17.3 Å². The first kappa shape index (κ1) is 65.8. The highest BCUT2D eigenvalue weighted by Gasteiger charge is 2.62. The van der Waals surface area contributed by atoms with Crippen LogP contribution in [0.2, 0.25) is 0 Å². The molecule has 1 heterocycles. The van der Waals surface area contributed by atoms with E-state index in [1.165, 1.54) is 44.5 Å². The molecule has 6 aromatic rings. The topological polar surface area (TPSA) is 83.8 Å². The van der Waals surface area contributed by atoms with Crippen molar-refractivity contribution in [2.75, 3.05) is 0 Å². The Labute approximate surface area is 461 Å². The zero-order valence-corrected chi connectivity index (χ0v) is 50.2. The predicted molar refractivity (Wildman–Crippen MR) is 325 cm³/mol. The molecule has 0 radical (unpaired) electrons. The normalized spacial score (nSPS) is 20.3. The molecule has 5 nitrogen and oxygen atoms in total. The summed E-state index contributed by atoms with van der Waals surface area (Å²) >= 11 is 0. The highest BCUT2D eigenvalue weighted by molar-refractivity contribution is 5.93. The van der Waals surface area contributed by atoms with Gasteiger partial charge in [-0.05, 0) is 67.8 Å². The molecule has 0 aromatic heterocycles. The van der Waals surface area contributed by atoms with Crippen LogP contribution in [-0.4, -0.2) is 22.0 Å². The average Bonchev–Trinajstić information content (AvgIpc) is 4.06. The number of rotatable bonds is 7. The second-order valence-electron chi connectivity index (χ2n) is 19.6. The van der Waals surface area contributed by atoms with Crippen molar-refractivity contribution < 1.29 is 24.5 Å². The zero-order chi connectivity index (χ0) is 57.7. The molecule has 2 N–H and O–H groups in total. The van der Waals surface area contributed by atoms with E-state index < -0.39 is 22.9 Å². The third kappa shape index (κ3) is 13.1. The van der Waals surface area contributed by atoms with Crippen molar-refractivity contribution in [1.82, 2.24) is 0 Å². The smallest absolute Gasteiger partial charge is 0.303 e. The molecular formula is C71H96O5. The summed E-state index contributed by atoms with van der Waals surface area (Å²) in [4.78, 5) is 23.2. The van der Waals surface area contributed by atoms with Gasteiger partial charge >= 0.3 is 5.97 Å². The molecule has 5 heteroatoms. The SMILES string of the molecule is C=C1CC2C(C)(C)c3ccccc3C2(c2ccccc2)O1.CC.CC.CC.CC.CC.CC.CC(=O)CC1=C(c2ccccc2)c2ccccc2C1(C)C.CC1(C)c2ccccc2C(O)(c2ccccc2)C1CC(=O)O. The second-order valence-corrected chi connectivity index (χ2v) is 19.6. The number of hydrogen-bond donors (Lipinski definition) is 2. The van der Waals surface area contributed by atoms with Crippen LogP contribution in [0.4, 0.5) is 0 Å². The predicted octanol–water partition coefficient (Wildman–Crippen LogP) is 19.0. The van der Waals surface area contributed by atoms with Crippen molar-refractivity contribution in [2.24, 2.45) is 11.8 Å².